The highest BCUT2D eigenvalue weighted by Crippen LogP contribution is 2.62. The van der Waals surface area contributed by atoms with Crippen LogP contribution in [0.15, 0.2) is 11.6 Å². The van der Waals surface area contributed by atoms with Crippen LogP contribution in [0.2, 0.25) is 0 Å². The van der Waals surface area contributed by atoms with Crippen LogP contribution in [-0.4, -0.2) is 25.0 Å². The predicted octanol–water partition coefficient (Wildman–Crippen LogP) is 5.13. The van der Waals surface area contributed by atoms with E-state index in [0.717, 1.165) is 35.6 Å². The molecule has 124 valence electrons. The van der Waals surface area contributed by atoms with Crippen LogP contribution >= 0.6 is 0 Å². The second kappa shape index (κ2) is 5.36. The summed E-state index contributed by atoms with van der Waals surface area (Å²) in [6.07, 6.45) is 14.5. The Labute approximate surface area is 137 Å². The molecule has 0 aliphatic heterocycles. The molecule has 0 saturated heterocycles. The van der Waals surface area contributed by atoms with Gasteiger partial charge in [0.25, 0.3) is 0 Å². The molecule has 4 aliphatic rings. The number of rotatable bonds is 1. The van der Waals surface area contributed by atoms with Crippen LogP contribution in [0, 0.1) is 35.0 Å². The average Bonchev–Trinajstić information content (AvgIpc) is 2.82. The molecule has 22 heavy (non-hydrogen) atoms. The third-order valence-corrected chi connectivity index (χ3v) is 8.63. The zero-order valence-corrected chi connectivity index (χ0v) is 15.1. The van der Waals surface area contributed by atoms with Gasteiger partial charge in [0.15, 0.2) is 0 Å². The van der Waals surface area contributed by atoms with Gasteiger partial charge < -0.3 is 4.90 Å². The molecular weight excluding hydrogens is 266 g/mol. The normalized spacial score (nSPS) is 51.0. The van der Waals surface area contributed by atoms with Gasteiger partial charge in [0, 0.05) is 6.04 Å². The maximum Gasteiger partial charge on any atom is 0.00920 e. The first-order valence-electron chi connectivity index (χ1n) is 9.84. The molecule has 0 bridgehead atoms. The molecule has 0 radical (unpaired) electrons. The van der Waals surface area contributed by atoms with Gasteiger partial charge in [0.05, 0.1) is 0 Å². The van der Waals surface area contributed by atoms with Crippen molar-refractivity contribution in [1.82, 2.24) is 4.90 Å². The first kappa shape index (κ1) is 15.2. The van der Waals surface area contributed by atoms with E-state index in [4.69, 9.17) is 0 Å². The smallest absolute Gasteiger partial charge is 0.00920 e. The topological polar surface area (TPSA) is 3.24 Å². The molecule has 4 aliphatic carbocycles. The van der Waals surface area contributed by atoms with E-state index >= 15 is 0 Å². The lowest BCUT2D eigenvalue weighted by molar-refractivity contribution is -0.0528. The lowest BCUT2D eigenvalue weighted by Crippen LogP contribution is -2.49. The minimum Gasteiger partial charge on any atom is -0.306 e. The molecule has 0 N–H and O–H groups in total. The van der Waals surface area contributed by atoms with Crippen molar-refractivity contribution in [2.24, 2.45) is 35.0 Å². The van der Waals surface area contributed by atoms with Crippen LogP contribution < -0.4 is 0 Å². The molecule has 1 heteroatoms. The van der Waals surface area contributed by atoms with Gasteiger partial charge in [-0.3, -0.25) is 0 Å². The Morgan fingerprint density at radius 1 is 1.00 bits per heavy atom. The summed E-state index contributed by atoms with van der Waals surface area (Å²) in [6.45, 7) is 5.00. The summed E-state index contributed by atoms with van der Waals surface area (Å²) in [6, 6.07) is 0.863. The van der Waals surface area contributed by atoms with Crippen LogP contribution in [0.3, 0.4) is 0 Å². The van der Waals surface area contributed by atoms with Crippen LogP contribution in [0.5, 0.6) is 0 Å². The fraction of sp³-hybridized carbons (Fsp3) is 0.905. The van der Waals surface area contributed by atoms with Gasteiger partial charge >= 0.3 is 0 Å². The molecule has 0 heterocycles. The summed E-state index contributed by atoms with van der Waals surface area (Å²) in [5.74, 6) is 5.21. The summed E-state index contributed by atoms with van der Waals surface area (Å²) >= 11 is 0. The minimum atomic E-state index is 0.564. The second-order valence-electron chi connectivity index (χ2n) is 9.44. The van der Waals surface area contributed by atoms with Crippen LogP contribution in [-0.2, 0) is 0 Å². The SMILES string of the molecule is CC1=CCC2C3CCC4CC(N(C)C)CCC4C3CCC12C. The summed E-state index contributed by atoms with van der Waals surface area (Å²) in [7, 11) is 4.57. The van der Waals surface area contributed by atoms with E-state index in [1.54, 1.807) is 5.57 Å². The van der Waals surface area contributed by atoms with Gasteiger partial charge in [0.1, 0.15) is 0 Å². The van der Waals surface area contributed by atoms with E-state index in [1.165, 1.54) is 51.4 Å². The number of hydrogen-bond donors (Lipinski definition) is 0. The van der Waals surface area contributed by atoms with Crippen LogP contribution in [0.4, 0.5) is 0 Å². The van der Waals surface area contributed by atoms with Crippen LogP contribution in [0.1, 0.15) is 65.2 Å². The Morgan fingerprint density at radius 2 is 1.77 bits per heavy atom. The van der Waals surface area contributed by atoms with Crippen molar-refractivity contribution in [2.75, 3.05) is 14.1 Å². The van der Waals surface area contributed by atoms with Gasteiger partial charge in [-0.25, -0.2) is 0 Å². The van der Waals surface area contributed by atoms with Crippen molar-refractivity contribution >= 4 is 0 Å². The van der Waals surface area contributed by atoms with E-state index in [-0.39, 0.29) is 0 Å². The van der Waals surface area contributed by atoms with Crippen molar-refractivity contribution in [3.63, 3.8) is 0 Å². The van der Waals surface area contributed by atoms with Crippen molar-refractivity contribution in [2.45, 2.75) is 71.3 Å². The Morgan fingerprint density at radius 3 is 2.55 bits per heavy atom. The third kappa shape index (κ3) is 2.14. The highest BCUT2D eigenvalue weighted by Gasteiger charge is 2.53. The van der Waals surface area contributed by atoms with Gasteiger partial charge in [-0.2, -0.15) is 0 Å². The van der Waals surface area contributed by atoms with Gasteiger partial charge in [-0.05, 0) is 107 Å². The summed E-state index contributed by atoms with van der Waals surface area (Å²) in [5.41, 5.74) is 2.28. The van der Waals surface area contributed by atoms with Crippen molar-refractivity contribution in [3.05, 3.63) is 11.6 Å². The summed E-state index contributed by atoms with van der Waals surface area (Å²) in [4.78, 5) is 2.49. The average molecular weight is 302 g/mol. The largest absolute Gasteiger partial charge is 0.306 e. The number of hydrogen-bond acceptors (Lipinski definition) is 1. The molecule has 0 aromatic heterocycles. The van der Waals surface area contributed by atoms with E-state index < -0.39 is 0 Å². The van der Waals surface area contributed by atoms with E-state index in [1.807, 2.05) is 0 Å². The maximum atomic E-state index is 2.59. The standard InChI is InChI=1S/C21H35N/c1-14-5-10-20-19-8-6-15-13-16(22(3)4)7-9-17(15)18(19)11-12-21(14,20)2/h5,15-20H,6-13H2,1-4H3. The Kier molecular flexibility index (Phi) is 3.72. The number of nitrogens with zero attached hydrogens (tertiary/aromatic N) is 1. The maximum absolute atomic E-state index is 2.59. The lowest BCUT2D eigenvalue weighted by atomic mass is 9.49. The van der Waals surface area contributed by atoms with Crippen molar-refractivity contribution < 1.29 is 0 Å². The molecule has 0 spiro atoms. The minimum absolute atomic E-state index is 0.564. The predicted molar refractivity (Wildman–Crippen MR) is 93.7 cm³/mol. The molecule has 1 nitrogen and oxygen atoms in total. The highest BCUT2D eigenvalue weighted by atomic mass is 15.1. The quantitative estimate of drug-likeness (QED) is 0.607. The molecule has 7 unspecified atom stereocenters. The highest BCUT2D eigenvalue weighted by molar-refractivity contribution is 5.23. The molecule has 3 fully saturated rings. The van der Waals surface area contributed by atoms with E-state index in [2.05, 4.69) is 38.9 Å². The Bertz CT molecular complexity index is 465. The Balaban J connectivity index is 1.51. The van der Waals surface area contributed by atoms with Crippen molar-refractivity contribution in [3.8, 4) is 0 Å². The van der Waals surface area contributed by atoms with E-state index in [0.29, 0.717) is 5.41 Å². The monoisotopic (exact) mass is 301 g/mol. The molecular formula is C21H35N. The molecule has 0 amide bonds. The lowest BCUT2D eigenvalue weighted by Gasteiger charge is -2.56. The van der Waals surface area contributed by atoms with Crippen molar-refractivity contribution in [1.29, 1.82) is 0 Å². The van der Waals surface area contributed by atoms with E-state index in [9.17, 15) is 0 Å². The summed E-state index contributed by atoms with van der Waals surface area (Å²) in [5, 5.41) is 0. The fourth-order valence-electron chi connectivity index (χ4n) is 7.08. The van der Waals surface area contributed by atoms with Crippen LogP contribution in [0.25, 0.3) is 0 Å². The molecule has 7 atom stereocenters. The zero-order chi connectivity index (χ0) is 15.5. The third-order valence-electron chi connectivity index (χ3n) is 8.63. The molecule has 3 saturated carbocycles. The Hall–Kier alpha value is -0.300. The first-order chi connectivity index (χ1) is 10.5. The van der Waals surface area contributed by atoms with Gasteiger partial charge in [-0.15, -0.1) is 0 Å². The summed E-state index contributed by atoms with van der Waals surface area (Å²) < 4.78 is 0. The second-order valence-corrected chi connectivity index (χ2v) is 9.44. The van der Waals surface area contributed by atoms with Gasteiger partial charge in [-0.1, -0.05) is 18.6 Å². The molecule has 0 aromatic carbocycles. The number of allylic oxidation sites excluding steroid dienone is 2. The first-order valence-corrected chi connectivity index (χ1v) is 9.84. The zero-order valence-electron chi connectivity index (χ0n) is 15.1. The number of fused-ring (bicyclic) bond motifs is 5. The van der Waals surface area contributed by atoms with Gasteiger partial charge in [0.2, 0.25) is 0 Å². The fourth-order valence-corrected chi connectivity index (χ4v) is 7.08. The molecule has 4 rings (SSSR count). The molecule has 0 aromatic rings.